The second-order valence-corrected chi connectivity index (χ2v) is 7.28. The van der Waals surface area contributed by atoms with Crippen molar-refractivity contribution in [3.63, 3.8) is 0 Å². The van der Waals surface area contributed by atoms with E-state index in [-0.39, 0.29) is 4.90 Å². The van der Waals surface area contributed by atoms with E-state index in [2.05, 4.69) is 15.9 Å². The number of hydrogen-bond donors (Lipinski definition) is 0. The molecule has 1 fully saturated rings. The molecule has 7 heteroatoms. The zero-order valence-electron chi connectivity index (χ0n) is 11.3. The number of sulfonamides is 1. The van der Waals surface area contributed by atoms with Gasteiger partial charge in [-0.25, -0.2) is 8.42 Å². The number of rotatable bonds is 5. The summed E-state index contributed by atoms with van der Waals surface area (Å²) in [6.45, 7) is 4.09. The van der Waals surface area contributed by atoms with E-state index in [4.69, 9.17) is 9.47 Å². The van der Waals surface area contributed by atoms with Gasteiger partial charge in [0.2, 0.25) is 10.0 Å². The summed E-state index contributed by atoms with van der Waals surface area (Å²) in [4.78, 5) is 0.210. The van der Waals surface area contributed by atoms with Crippen LogP contribution >= 0.6 is 15.9 Å². The standard InChI is InChI=1S/C13H18BrNO4S/c1-2-7-19-12-4-3-11(14)10-13(12)20(16,17)15-5-8-18-9-6-15/h3-4,10H,2,5-9H2,1H3. The first-order chi connectivity index (χ1) is 9.55. The van der Waals surface area contributed by atoms with Crippen LogP contribution in [0.3, 0.4) is 0 Å². The molecule has 1 aliphatic heterocycles. The average molecular weight is 364 g/mol. The molecule has 0 aromatic heterocycles. The van der Waals surface area contributed by atoms with Crippen LogP contribution in [0.5, 0.6) is 5.75 Å². The zero-order chi connectivity index (χ0) is 14.6. The molecule has 112 valence electrons. The minimum Gasteiger partial charge on any atom is -0.492 e. The van der Waals surface area contributed by atoms with Crippen molar-refractivity contribution < 1.29 is 17.9 Å². The molecule has 0 spiro atoms. The van der Waals surface area contributed by atoms with Crippen molar-refractivity contribution in [1.29, 1.82) is 0 Å². The highest BCUT2D eigenvalue weighted by Crippen LogP contribution is 2.30. The maximum Gasteiger partial charge on any atom is 0.246 e. The normalized spacial score (nSPS) is 17.1. The van der Waals surface area contributed by atoms with Crippen molar-refractivity contribution >= 4 is 26.0 Å². The van der Waals surface area contributed by atoms with E-state index in [9.17, 15) is 8.42 Å². The Morgan fingerprint density at radius 3 is 2.70 bits per heavy atom. The van der Waals surface area contributed by atoms with E-state index in [0.717, 1.165) is 6.42 Å². The lowest BCUT2D eigenvalue weighted by Crippen LogP contribution is -2.40. The zero-order valence-corrected chi connectivity index (χ0v) is 13.7. The van der Waals surface area contributed by atoms with Crippen LogP contribution in [0.2, 0.25) is 0 Å². The van der Waals surface area contributed by atoms with Gasteiger partial charge in [-0.3, -0.25) is 0 Å². The Bertz CT molecular complexity index is 555. The van der Waals surface area contributed by atoms with Crippen molar-refractivity contribution in [2.75, 3.05) is 32.9 Å². The van der Waals surface area contributed by atoms with Crippen LogP contribution in [-0.4, -0.2) is 45.6 Å². The van der Waals surface area contributed by atoms with Crippen molar-refractivity contribution in [2.45, 2.75) is 18.2 Å². The minimum absolute atomic E-state index is 0.210. The fourth-order valence-electron chi connectivity index (χ4n) is 1.94. The quantitative estimate of drug-likeness (QED) is 0.804. The van der Waals surface area contributed by atoms with Crippen molar-refractivity contribution in [3.05, 3.63) is 22.7 Å². The van der Waals surface area contributed by atoms with Crippen LogP contribution in [0, 0.1) is 0 Å². The smallest absolute Gasteiger partial charge is 0.246 e. The molecule has 0 saturated carbocycles. The van der Waals surface area contributed by atoms with E-state index >= 15 is 0 Å². The van der Waals surface area contributed by atoms with Crippen molar-refractivity contribution in [3.8, 4) is 5.75 Å². The number of halogens is 1. The van der Waals surface area contributed by atoms with Gasteiger partial charge in [-0.05, 0) is 24.6 Å². The van der Waals surface area contributed by atoms with Gasteiger partial charge in [0.25, 0.3) is 0 Å². The minimum atomic E-state index is -3.55. The number of hydrogen-bond acceptors (Lipinski definition) is 4. The Kier molecular flexibility index (Phi) is 5.42. The summed E-state index contributed by atoms with van der Waals surface area (Å²) in [5.74, 6) is 0.404. The predicted molar refractivity (Wildman–Crippen MR) is 79.5 cm³/mol. The lowest BCUT2D eigenvalue weighted by Gasteiger charge is -2.26. The summed E-state index contributed by atoms with van der Waals surface area (Å²) in [7, 11) is -3.55. The first-order valence-electron chi connectivity index (χ1n) is 6.56. The van der Waals surface area contributed by atoms with E-state index in [1.807, 2.05) is 6.92 Å². The molecule has 0 atom stereocenters. The Labute approximate surface area is 128 Å². The molecule has 0 N–H and O–H groups in total. The third-order valence-corrected chi connectivity index (χ3v) is 5.37. The largest absolute Gasteiger partial charge is 0.492 e. The van der Waals surface area contributed by atoms with Crippen LogP contribution in [0.1, 0.15) is 13.3 Å². The molecule has 0 aliphatic carbocycles. The summed E-state index contributed by atoms with van der Waals surface area (Å²) in [5, 5.41) is 0. The number of ether oxygens (including phenoxy) is 2. The van der Waals surface area contributed by atoms with E-state index in [1.165, 1.54) is 4.31 Å². The van der Waals surface area contributed by atoms with Crippen molar-refractivity contribution in [1.82, 2.24) is 4.31 Å². The van der Waals surface area contributed by atoms with Crippen LogP contribution in [-0.2, 0) is 14.8 Å². The molecule has 0 unspecified atom stereocenters. The molecule has 20 heavy (non-hydrogen) atoms. The lowest BCUT2D eigenvalue weighted by molar-refractivity contribution is 0.0729. The Hall–Kier alpha value is -0.630. The van der Waals surface area contributed by atoms with E-state index < -0.39 is 10.0 Å². The fraction of sp³-hybridized carbons (Fsp3) is 0.538. The van der Waals surface area contributed by atoms with Crippen LogP contribution in [0.25, 0.3) is 0 Å². The van der Waals surface area contributed by atoms with Gasteiger partial charge < -0.3 is 9.47 Å². The Balaban J connectivity index is 2.35. The molecule has 1 aliphatic rings. The molecule has 0 amide bonds. The maximum absolute atomic E-state index is 12.7. The summed E-state index contributed by atoms with van der Waals surface area (Å²) in [5.41, 5.74) is 0. The van der Waals surface area contributed by atoms with E-state index in [0.29, 0.717) is 43.1 Å². The first-order valence-corrected chi connectivity index (χ1v) is 8.79. The molecule has 1 saturated heterocycles. The molecule has 0 radical (unpaired) electrons. The number of morpholine rings is 1. The summed E-state index contributed by atoms with van der Waals surface area (Å²) in [6, 6.07) is 5.06. The van der Waals surface area contributed by atoms with Crippen LogP contribution < -0.4 is 4.74 Å². The van der Waals surface area contributed by atoms with Gasteiger partial charge in [-0.15, -0.1) is 0 Å². The molecular weight excluding hydrogens is 346 g/mol. The van der Waals surface area contributed by atoms with Crippen LogP contribution in [0.15, 0.2) is 27.6 Å². The SMILES string of the molecule is CCCOc1ccc(Br)cc1S(=O)(=O)N1CCOCC1. The lowest BCUT2D eigenvalue weighted by atomic mass is 10.3. The van der Waals surface area contributed by atoms with Gasteiger partial charge >= 0.3 is 0 Å². The van der Waals surface area contributed by atoms with Gasteiger partial charge in [-0.2, -0.15) is 4.31 Å². The van der Waals surface area contributed by atoms with E-state index in [1.54, 1.807) is 18.2 Å². The molecule has 2 rings (SSSR count). The highest BCUT2D eigenvalue weighted by Gasteiger charge is 2.29. The molecule has 1 aromatic rings. The summed E-state index contributed by atoms with van der Waals surface area (Å²) >= 11 is 3.32. The molecular formula is C13H18BrNO4S. The van der Waals surface area contributed by atoms with Gasteiger partial charge in [0.15, 0.2) is 0 Å². The monoisotopic (exact) mass is 363 g/mol. The third kappa shape index (κ3) is 3.52. The summed E-state index contributed by atoms with van der Waals surface area (Å²) in [6.07, 6.45) is 0.826. The predicted octanol–water partition coefficient (Wildman–Crippen LogP) is 2.26. The molecule has 5 nitrogen and oxygen atoms in total. The van der Waals surface area contributed by atoms with Crippen molar-refractivity contribution in [2.24, 2.45) is 0 Å². The van der Waals surface area contributed by atoms with Gasteiger partial charge in [0.05, 0.1) is 19.8 Å². The molecule has 1 heterocycles. The highest BCUT2D eigenvalue weighted by atomic mass is 79.9. The Morgan fingerprint density at radius 2 is 2.05 bits per heavy atom. The molecule has 0 bridgehead atoms. The summed E-state index contributed by atoms with van der Waals surface area (Å²) < 4.78 is 38.3. The van der Waals surface area contributed by atoms with Gasteiger partial charge in [0.1, 0.15) is 10.6 Å². The maximum atomic E-state index is 12.7. The topological polar surface area (TPSA) is 55.8 Å². The highest BCUT2D eigenvalue weighted by molar-refractivity contribution is 9.10. The average Bonchev–Trinajstić information content (AvgIpc) is 2.47. The second-order valence-electron chi connectivity index (χ2n) is 4.46. The first kappa shape index (κ1) is 15.8. The van der Waals surface area contributed by atoms with Gasteiger partial charge in [-0.1, -0.05) is 22.9 Å². The third-order valence-electron chi connectivity index (χ3n) is 2.96. The molecule has 1 aromatic carbocycles. The number of nitrogens with zero attached hydrogens (tertiary/aromatic N) is 1. The van der Waals surface area contributed by atoms with Crippen LogP contribution in [0.4, 0.5) is 0 Å². The Morgan fingerprint density at radius 1 is 1.35 bits per heavy atom. The van der Waals surface area contributed by atoms with Gasteiger partial charge in [0, 0.05) is 17.6 Å². The second kappa shape index (κ2) is 6.89. The fourth-order valence-corrected chi connectivity index (χ4v) is 4.02. The number of benzene rings is 1.